The lowest BCUT2D eigenvalue weighted by atomic mass is 9.92. The van der Waals surface area contributed by atoms with Crippen molar-refractivity contribution in [2.75, 3.05) is 20.2 Å². The topological polar surface area (TPSA) is 41.5 Å². The first-order chi connectivity index (χ1) is 8.83. The number of benzene rings is 1. The van der Waals surface area contributed by atoms with E-state index in [9.17, 15) is 5.11 Å². The van der Waals surface area contributed by atoms with Crippen LogP contribution in [-0.2, 0) is 0 Å². The average Bonchev–Trinajstić information content (AvgIpc) is 2.33. The van der Waals surface area contributed by atoms with Gasteiger partial charge < -0.3 is 15.2 Å². The molecule has 0 spiro atoms. The Bertz CT molecular complexity index is 396. The molecule has 19 heavy (non-hydrogen) atoms. The molecule has 0 saturated carbocycles. The number of aliphatic hydroxyl groups excluding tert-OH is 1. The maximum absolute atomic E-state index is 10.2. The Morgan fingerprint density at radius 1 is 1.32 bits per heavy atom. The number of hydrogen-bond donors (Lipinski definition) is 2. The standard InChI is InChI=1S/C16H27NO2/c1-12-6-7-15(19-5)13(10-12)14(18)11-17-9-8-16(2,3)4/h6-7,10,14,17-18H,8-9,11H2,1-5H3. The van der Waals surface area contributed by atoms with E-state index >= 15 is 0 Å². The summed E-state index contributed by atoms with van der Waals surface area (Å²) in [6.45, 7) is 10.1. The highest BCUT2D eigenvalue weighted by Gasteiger charge is 2.14. The van der Waals surface area contributed by atoms with Crippen molar-refractivity contribution < 1.29 is 9.84 Å². The van der Waals surface area contributed by atoms with Gasteiger partial charge in [0, 0.05) is 12.1 Å². The van der Waals surface area contributed by atoms with E-state index in [1.165, 1.54) is 0 Å². The Labute approximate surface area is 117 Å². The molecule has 3 nitrogen and oxygen atoms in total. The number of methoxy groups -OCH3 is 1. The number of ether oxygens (including phenoxy) is 1. The molecule has 0 fully saturated rings. The number of hydrogen-bond acceptors (Lipinski definition) is 3. The zero-order chi connectivity index (χ0) is 14.5. The Kier molecular flexibility index (Phi) is 5.83. The molecule has 1 atom stereocenters. The van der Waals surface area contributed by atoms with Gasteiger partial charge in [-0.2, -0.15) is 0 Å². The summed E-state index contributed by atoms with van der Waals surface area (Å²) in [6.07, 6.45) is 0.555. The van der Waals surface area contributed by atoms with Crippen molar-refractivity contribution >= 4 is 0 Å². The Hall–Kier alpha value is -1.06. The van der Waals surface area contributed by atoms with Crippen molar-refractivity contribution in [3.05, 3.63) is 29.3 Å². The van der Waals surface area contributed by atoms with Crippen molar-refractivity contribution in [1.29, 1.82) is 0 Å². The van der Waals surface area contributed by atoms with Gasteiger partial charge in [0.15, 0.2) is 0 Å². The van der Waals surface area contributed by atoms with Crippen LogP contribution < -0.4 is 10.1 Å². The van der Waals surface area contributed by atoms with Gasteiger partial charge in [-0.25, -0.2) is 0 Å². The molecule has 0 aliphatic carbocycles. The smallest absolute Gasteiger partial charge is 0.124 e. The van der Waals surface area contributed by atoms with Gasteiger partial charge in [0.05, 0.1) is 13.2 Å². The van der Waals surface area contributed by atoms with Gasteiger partial charge in [-0.1, -0.05) is 32.4 Å². The van der Waals surface area contributed by atoms with Crippen LogP contribution >= 0.6 is 0 Å². The summed E-state index contributed by atoms with van der Waals surface area (Å²) in [4.78, 5) is 0. The van der Waals surface area contributed by atoms with Crippen LogP contribution in [0, 0.1) is 12.3 Å². The number of aryl methyl sites for hydroxylation is 1. The summed E-state index contributed by atoms with van der Waals surface area (Å²) < 4.78 is 5.29. The molecule has 0 radical (unpaired) electrons. The molecule has 2 N–H and O–H groups in total. The highest BCUT2D eigenvalue weighted by atomic mass is 16.5. The first-order valence-electron chi connectivity index (χ1n) is 6.87. The van der Waals surface area contributed by atoms with Crippen LogP contribution in [0.3, 0.4) is 0 Å². The van der Waals surface area contributed by atoms with Gasteiger partial charge >= 0.3 is 0 Å². The zero-order valence-corrected chi connectivity index (χ0v) is 12.8. The first-order valence-corrected chi connectivity index (χ1v) is 6.87. The van der Waals surface area contributed by atoms with Gasteiger partial charge in [-0.15, -0.1) is 0 Å². The highest BCUT2D eigenvalue weighted by molar-refractivity contribution is 5.38. The van der Waals surface area contributed by atoms with Gasteiger partial charge in [-0.3, -0.25) is 0 Å². The largest absolute Gasteiger partial charge is 0.496 e. The molecular weight excluding hydrogens is 238 g/mol. The summed E-state index contributed by atoms with van der Waals surface area (Å²) in [7, 11) is 1.63. The minimum atomic E-state index is -0.533. The average molecular weight is 265 g/mol. The van der Waals surface area contributed by atoms with E-state index in [2.05, 4.69) is 26.1 Å². The summed E-state index contributed by atoms with van der Waals surface area (Å²) in [5, 5.41) is 13.5. The second-order valence-corrected chi connectivity index (χ2v) is 6.28. The predicted octanol–water partition coefficient (Wildman–Crippen LogP) is 3.06. The monoisotopic (exact) mass is 265 g/mol. The van der Waals surface area contributed by atoms with Crippen LogP contribution in [0.1, 0.15) is 44.4 Å². The number of aliphatic hydroxyl groups is 1. The van der Waals surface area contributed by atoms with E-state index in [4.69, 9.17) is 4.74 Å². The molecule has 1 unspecified atom stereocenters. The molecule has 0 aliphatic heterocycles. The fourth-order valence-electron chi connectivity index (χ4n) is 1.93. The molecule has 0 aliphatic rings. The minimum Gasteiger partial charge on any atom is -0.496 e. The Morgan fingerprint density at radius 3 is 2.58 bits per heavy atom. The van der Waals surface area contributed by atoms with Crippen LogP contribution in [0.15, 0.2) is 18.2 Å². The molecule has 1 rings (SSSR count). The fraction of sp³-hybridized carbons (Fsp3) is 0.625. The lowest BCUT2D eigenvalue weighted by Crippen LogP contribution is -2.25. The second kappa shape index (κ2) is 6.92. The van der Waals surface area contributed by atoms with Crippen LogP contribution in [0.2, 0.25) is 0 Å². The summed E-state index contributed by atoms with van der Waals surface area (Å²) in [6, 6.07) is 5.88. The van der Waals surface area contributed by atoms with Gasteiger partial charge in [0.1, 0.15) is 5.75 Å². The van der Waals surface area contributed by atoms with Gasteiger partial charge in [-0.05, 0) is 37.4 Å². The SMILES string of the molecule is COc1ccc(C)cc1C(O)CNCCC(C)(C)C. The molecule has 0 saturated heterocycles. The van der Waals surface area contributed by atoms with Crippen LogP contribution in [0.4, 0.5) is 0 Å². The van der Waals surface area contributed by atoms with E-state index in [0.29, 0.717) is 12.0 Å². The molecule has 1 aromatic carbocycles. The highest BCUT2D eigenvalue weighted by Crippen LogP contribution is 2.26. The molecule has 0 bridgehead atoms. The van der Waals surface area contributed by atoms with E-state index in [1.54, 1.807) is 7.11 Å². The normalized spacial score (nSPS) is 13.4. The third kappa shape index (κ3) is 5.62. The van der Waals surface area contributed by atoms with Gasteiger partial charge in [0.25, 0.3) is 0 Å². The quantitative estimate of drug-likeness (QED) is 0.777. The third-order valence-electron chi connectivity index (χ3n) is 3.13. The molecule has 3 heteroatoms. The lowest BCUT2D eigenvalue weighted by molar-refractivity contribution is 0.168. The number of nitrogens with one attached hydrogen (secondary N) is 1. The van der Waals surface area contributed by atoms with Crippen molar-refractivity contribution in [2.24, 2.45) is 5.41 Å². The van der Waals surface area contributed by atoms with Crippen molar-refractivity contribution in [1.82, 2.24) is 5.32 Å². The third-order valence-corrected chi connectivity index (χ3v) is 3.13. The maximum Gasteiger partial charge on any atom is 0.124 e. The first kappa shape index (κ1) is 16.0. The maximum atomic E-state index is 10.2. The minimum absolute atomic E-state index is 0.318. The number of rotatable bonds is 6. The van der Waals surface area contributed by atoms with E-state index in [-0.39, 0.29) is 0 Å². The van der Waals surface area contributed by atoms with Gasteiger partial charge in [0.2, 0.25) is 0 Å². The zero-order valence-electron chi connectivity index (χ0n) is 12.8. The lowest BCUT2D eigenvalue weighted by Gasteiger charge is -2.20. The fourth-order valence-corrected chi connectivity index (χ4v) is 1.93. The summed E-state index contributed by atoms with van der Waals surface area (Å²) >= 11 is 0. The Morgan fingerprint density at radius 2 is 2.00 bits per heavy atom. The van der Waals surface area contributed by atoms with Crippen LogP contribution in [0.5, 0.6) is 5.75 Å². The van der Waals surface area contributed by atoms with E-state index < -0.39 is 6.10 Å². The van der Waals surface area contributed by atoms with Crippen molar-refractivity contribution in [2.45, 2.75) is 40.2 Å². The molecule has 0 aromatic heterocycles. The molecule has 0 heterocycles. The molecule has 108 valence electrons. The molecule has 0 amide bonds. The molecule has 1 aromatic rings. The van der Waals surface area contributed by atoms with E-state index in [1.807, 2.05) is 25.1 Å². The van der Waals surface area contributed by atoms with Crippen LogP contribution in [-0.4, -0.2) is 25.3 Å². The van der Waals surface area contributed by atoms with Crippen molar-refractivity contribution in [3.63, 3.8) is 0 Å². The summed E-state index contributed by atoms with van der Waals surface area (Å²) in [5.74, 6) is 0.746. The van der Waals surface area contributed by atoms with Crippen LogP contribution in [0.25, 0.3) is 0 Å². The Balaban J connectivity index is 2.53. The van der Waals surface area contributed by atoms with E-state index in [0.717, 1.165) is 29.8 Å². The predicted molar refractivity (Wildman–Crippen MR) is 79.6 cm³/mol. The second-order valence-electron chi connectivity index (χ2n) is 6.28. The summed E-state index contributed by atoms with van der Waals surface area (Å²) in [5.41, 5.74) is 2.30. The van der Waals surface area contributed by atoms with Crippen molar-refractivity contribution in [3.8, 4) is 5.75 Å². The molecular formula is C16H27NO2.